The standard InChI is InChI=1S/C22H24N4O3S/c1-4-11-26-21(19-6-5-12-29-19)24-25-22(26)30-14-18(27)16-7-9-17(10-8-16)23-20(28)13-15(2)3/h4-10,12,15H,1,11,13-14H2,2-3H3,(H,23,28). The summed E-state index contributed by atoms with van der Waals surface area (Å²) in [6.45, 7) is 8.26. The molecule has 1 N–H and O–H groups in total. The van der Waals surface area contributed by atoms with Gasteiger partial charge in [0.05, 0.1) is 12.0 Å². The quantitative estimate of drug-likeness (QED) is 0.289. The number of rotatable bonds is 10. The number of anilines is 1. The highest BCUT2D eigenvalue weighted by atomic mass is 32.2. The minimum absolute atomic E-state index is 0.0338. The molecule has 0 aliphatic carbocycles. The molecule has 0 unspecified atom stereocenters. The van der Waals surface area contributed by atoms with E-state index < -0.39 is 0 Å². The number of allylic oxidation sites excluding steroid dienone is 1. The molecule has 0 fully saturated rings. The SMILES string of the molecule is C=CCn1c(SCC(=O)c2ccc(NC(=O)CC(C)C)cc2)nnc1-c1ccco1. The number of aromatic nitrogens is 3. The summed E-state index contributed by atoms with van der Waals surface area (Å²) < 4.78 is 7.27. The van der Waals surface area contributed by atoms with Gasteiger partial charge in [-0.15, -0.1) is 16.8 Å². The third-order valence-electron chi connectivity index (χ3n) is 4.19. The highest BCUT2D eigenvalue weighted by Crippen LogP contribution is 2.25. The maximum atomic E-state index is 12.6. The van der Waals surface area contributed by atoms with E-state index in [1.54, 1.807) is 42.7 Å². The van der Waals surface area contributed by atoms with Gasteiger partial charge in [-0.3, -0.25) is 14.2 Å². The molecule has 2 heterocycles. The van der Waals surface area contributed by atoms with Gasteiger partial charge in [-0.25, -0.2) is 0 Å². The first-order valence-corrected chi connectivity index (χ1v) is 10.6. The van der Waals surface area contributed by atoms with Crippen molar-refractivity contribution in [3.8, 4) is 11.6 Å². The molecule has 2 aromatic heterocycles. The first-order valence-electron chi connectivity index (χ1n) is 9.61. The third-order valence-corrected chi connectivity index (χ3v) is 5.15. The predicted octanol–water partition coefficient (Wildman–Crippen LogP) is 4.68. The molecule has 3 aromatic rings. The number of furan rings is 1. The van der Waals surface area contributed by atoms with Crippen LogP contribution in [0.4, 0.5) is 5.69 Å². The Labute approximate surface area is 179 Å². The average Bonchev–Trinajstić information content (AvgIpc) is 3.36. The van der Waals surface area contributed by atoms with Crippen LogP contribution in [0.2, 0.25) is 0 Å². The van der Waals surface area contributed by atoms with Crippen LogP contribution >= 0.6 is 11.8 Å². The molecule has 0 saturated heterocycles. The Morgan fingerprint density at radius 2 is 2.00 bits per heavy atom. The third kappa shape index (κ3) is 5.48. The van der Waals surface area contributed by atoms with Gasteiger partial charge in [0.25, 0.3) is 0 Å². The summed E-state index contributed by atoms with van der Waals surface area (Å²) in [4.78, 5) is 24.5. The van der Waals surface area contributed by atoms with Crippen LogP contribution in [-0.2, 0) is 11.3 Å². The summed E-state index contributed by atoms with van der Waals surface area (Å²) in [6, 6.07) is 10.5. The Bertz CT molecular complexity index is 1010. The highest BCUT2D eigenvalue weighted by molar-refractivity contribution is 7.99. The topological polar surface area (TPSA) is 90.0 Å². The molecular formula is C22H24N4O3S. The molecule has 3 rings (SSSR count). The van der Waals surface area contributed by atoms with E-state index >= 15 is 0 Å². The molecule has 0 radical (unpaired) electrons. The first-order chi connectivity index (χ1) is 14.5. The van der Waals surface area contributed by atoms with Gasteiger partial charge in [-0.1, -0.05) is 31.7 Å². The number of thioether (sulfide) groups is 1. The van der Waals surface area contributed by atoms with Gasteiger partial charge in [-0.2, -0.15) is 0 Å². The second kappa shape index (κ2) is 10.1. The van der Waals surface area contributed by atoms with Crippen molar-refractivity contribution in [3.63, 3.8) is 0 Å². The van der Waals surface area contributed by atoms with Crippen molar-refractivity contribution in [2.75, 3.05) is 11.1 Å². The normalized spacial score (nSPS) is 10.9. The Hall–Kier alpha value is -3.13. The van der Waals surface area contributed by atoms with Crippen molar-refractivity contribution in [3.05, 3.63) is 60.9 Å². The second-order valence-corrected chi connectivity index (χ2v) is 8.06. The summed E-state index contributed by atoms with van der Waals surface area (Å²) in [5.41, 5.74) is 1.25. The van der Waals surface area contributed by atoms with Crippen molar-refractivity contribution in [2.45, 2.75) is 32.0 Å². The Balaban J connectivity index is 1.63. The van der Waals surface area contributed by atoms with E-state index in [-0.39, 0.29) is 17.4 Å². The molecule has 1 aromatic carbocycles. The van der Waals surface area contributed by atoms with E-state index in [4.69, 9.17) is 4.42 Å². The van der Waals surface area contributed by atoms with Crippen LogP contribution in [0.1, 0.15) is 30.6 Å². The van der Waals surface area contributed by atoms with Gasteiger partial charge in [-0.05, 0) is 42.3 Å². The number of carbonyl (C=O) groups is 2. The number of benzene rings is 1. The van der Waals surface area contributed by atoms with Crippen molar-refractivity contribution in [1.82, 2.24) is 14.8 Å². The van der Waals surface area contributed by atoms with Crippen LogP contribution in [-0.4, -0.2) is 32.2 Å². The van der Waals surface area contributed by atoms with E-state index in [9.17, 15) is 9.59 Å². The molecule has 8 heteroatoms. The van der Waals surface area contributed by atoms with E-state index in [2.05, 4.69) is 22.1 Å². The van der Waals surface area contributed by atoms with Crippen LogP contribution in [0.3, 0.4) is 0 Å². The lowest BCUT2D eigenvalue weighted by Gasteiger charge is -2.08. The molecular weight excluding hydrogens is 400 g/mol. The number of amides is 1. The van der Waals surface area contributed by atoms with E-state index in [0.717, 1.165) is 0 Å². The zero-order valence-electron chi connectivity index (χ0n) is 17.0. The van der Waals surface area contributed by atoms with Crippen LogP contribution in [0.25, 0.3) is 11.6 Å². The number of nitrogens with one attached hydrogen (secondary N) is 1. The van der Waals surface area contributed by atoms with Crippen molar-refractivity contribution < 1.29 is 14.0 Å². The maximum absolute atomic E-state index is 12.6. The molecule has 0 aliphatic rings. The van der Waals surface area contributed by atoms with Gasteiger partial charge >= 0.3 is 0 Å². The van der Waals surface area contributed by atoms with Crippen molar-refractivity contribution in [2.24, 2.45) is 5.92 Å². The average molecular weight is 425 g/mol. The molecule has 0 aliphatic heterocycles. The summed E-state index contributed by atoms with van der Waals surface area (Å²) in [5, 5.41) is 11.8. The van der Waals surface area contributed by atoms with Crippen molar-refractivity contribution >= 4 is 29.1 Å². The number of carbonyl (C=O) groups excluding carboxylic acids is 2. The summed E-state index contributed by atoms with van der Waals surface area (Å²) in [5.74, 6) is 1.64. The monoisotopic (exact) mass is 424 g/mol. The zero-order chi connectivity index (χ0) is 21.5. The van der Waals surface area contributed by atoms with Gasteiger partial charge < -0.3 is 9.73 Å². The van der Waals surface area contributed by atoms with Gasteiger partial charge in [0.2, 0.25) is 11.7 Å². The number of hydrogen-bond acceptors (Lipinski definition) is 6. The number of hydrogen-bond donors (Lipinski definition) is 1. The predicted molar refractivity (Wildman–Crippen MR) is 118 cm³/mol. The van der Waals surface area contributed by atoms with E-state index in [0.29, 0.717) is 46.9 Å². The number of nitrogens with zero attached hydrogens (tertiary/aromatic N) is 3. The fourth-order valence-electron chi connectivity index (χ4n) is 2.81. The van der Waals surface area contributed by atoms with Crippen molar-refractivity contribution in [1.29, 1.82) is 0 Å². The zero-order valence-corrected chi connectivity index (χ0v) is 17.8. The number of Topliss-reactive ketones (excluding diaryl/α,β-unsaturated/α-hetero) is 1. The molecule has 30 heavy (non-hydrogen) atoms. The lowest BCUT2D eigenvalue weighted by molar-refractivity contribution is -0.116. The lowest BCUT2D eigenvalue weighted by atomic mass is 10.1. The molecule has 0 spiro atoms. The smallest absolute Gasteiger partial charge is 0.224 e. The van der Waals surface area contributed by atoms with Crippen LogP contribution < -0.4 is 5.32 Å². The largest absolute Gasteiger partial charge is 0.461 e. The summed E-state index contributed by atoms with van der Waals surface area (Å²) in [7, 11) is 0. The molecule has 156 valence electrons. The molecule has 1 amide bonds. The van der Waals surface area contributed by atoms with Crippen LogP contribution in [0.5, 0.6) is 0 Å². The number of ketones is 1. The van der Waals surface area contributed by atoms with E-state index in [1.165, 1.54) is 11.8 Å². The van der Waals surface area contributed by atoms with Crippen LogP contribution in [0.15, 0.2) is 64.9 Å². The Morgan fingerprint density at radius 3 is 2.63 bits per heavy atom. The lowest BCUT2D eigenvalue weighted by Crippen LogP contribution is -2.14. The summed E-state index contributed by atoms with van der Waals surface area (Å²) >= 11 is 1.31. The highest BCUT2D eigenvalue weighted by Gasteiger charge is 2.17. The first kappa shape index (κ1) is 21.6. The van der Waals surface area contributed by atoms with Gasteiger partial charge in [0.1, 0.15) is 0 Å². The molecule has 0 saturated carbocycles. The fourth-order valence-corrected chi connectivity index (χ4v) is 3.66. The van der Waals surface area contributed by atoms with Gasteiger partial charge in [0, 0.05) is 24.2 Å². The van der Waals surface area contributed by atoms with Gasteiger partial charge in [0.15, 0.2) is 16.7 Å². The van der Waals surface area contributed by atoms with Crippen LogP contribution in [0, 0.1) is 5.92 Å². The maximum Gasteiger partial charge on any atom is 0.224 e. The molecule has 7 nitrogen and oxygen atoms in total. The second-order valence-electron chi connectivity index (χ2n) is 7.12. The Morgan fingerprint density at radius 1 is 1.23 bits per heavy atom. The summed E-state index contributed by atoms with van der Waals surface area (Å²) in [6.07, 6.45) is 3.78. The van der Waals surface area contributed by atoms with E-state index in [1.807, 2.05) is 24.5 Å². The Kier molecular flexibility index (Phi) is 7.24. The fraction of sp³-hybridized carbons (Fsp3) is 0.273. The molecule has 0 atom stereocenters. The molecule has 0 bridgehead atoms. The minimum atomic E-state index is -0.0345. The minimum Gasteiger partial charge on any atom is -0.461 e.